The molecule has 7 heteroatoms. The number of nitrogens with one attached hydrogen (secondary N) is 1. The lowest BCUT2D eigenvalue weighted by atomic mass is 10.2. The lowest BCUT2D eigenvalue weighted by Gasteiger charge is -2.11. The molecule has 0 fully saturated rings. The van der Waals surface area contributed by atoms with Crippen LogP contribution in [0.5, 0.6) is 0 Å². The minimum absolute atomic E-state index is 0.0316. The third-order valence-electron chi connectivity index (χ3n) is 2.56. The van der Waals surface area contributed by atoms with Crippen molar-refractivity contribution >= 4 is 33.0 Å². The number of nitriles is 1. The van der Waals surface area contributed by atoms with E-state index < -0.39 is 10.0 Å². The molecule has 0 aliphatic rings. The molecule has 0 atom stereocenters. The van der Waals surface area contributed by atoms with E-state index in [0.717, 1.165) is 0 Å². The lowest BCUT2D eigenvalue weighted by Crippen LogP contribution is -2.14. The Balaban J connectivity index is 2.44. The van der Waals surface area contributed by atoms with Gasteiger partial charge in [-0.05, 0) is 30.3 Å². The molecule has 0 bridgehead atoms. The fourth-order valence-electron chi connectivity index (χ4n) is 1.57. The van der Waals surface area contributed by atoms with Gasteiger partial charge in [0.15, 0.2) is 0 Å². The highest BCUT2D eigenvalue weighted by Crippen LogP contribution is 2.30. The van der Waals surface area contributed by atoms with E-state index in [1.54, 1.807) is 6.07 Å². The number of nitrogen functional groups attached to an aromatic ring is 1. The van der Waals surface area contributed by atoms with Crippen LogP contribution in [0, 0.1) is 11.3 Å². The SMILES string of the molecule is N#Cc1cccc(S(=O)(=O)Nc2c(N)cccc2Cl)c1. The Morgan fingerprint density at radius 1 is 1.20 bits per heavy atom. The maximum absolute atomic E-state index is 12.2. The third kappa shape index (κ3) is 2.85. The zero-order valence-electron chi connectivity index (χ0n) is 10.2. The van der Waals surface area contributed by atoms with Crippen molar-refractivity contribution in [2.75, 3.05) is 10.5 Å². The van der Waals surface area contributed by atoms with Crippen LogP contribution in [0.4, 0.5) is 11.4 Å². The zero-order valence-corrected chi connectivity index (χ0v) is 11.7. The first-order chi connectivity index (χ1) is 9.44. The second-order valence-electron chi connectivity index (χ2n) is 3.95. The predicted octanol–water partition coefficient (Wildman–Crippen LogP) is 2.59. The first-order valence-corrected chi connectivity index (χ1v) is 7.37. The van der Waals surface area contributed by atoms with Crippen molar-refractivity contribution in [2.24, 2.45) is 0 Å². The Hall–Kier alpha value is -2.23. The van der Waals surface area contributed by atoms with Gasteiger partial charge in [0, 0.05) is 0 Å². The van der Waals surface area contributed by atoms with E-state index in [-0.39, 0.29) is 26.9 Å². The molecule has 102 valence electrons. The number of rotatable bonds is 3. The molecular weight excluding hydrogens is 298 g/mol. The van der Waals surface area contributed by atoms with E-state index in [2.05, 4.69) is 4.72 Å². The molecule has 2 aromatic rings. The average molecular weight is 308 g/mol. The van der Waals surface area contributed by atoms with E-state index in [9.17, 15) is 8.42 Å². The molecule has 0 unspecified atom stereocenters. The van der Waals surface area contributed by atoms with Gasteiger partial charge in [-0.25, -0.2) is 8.42 Å². The smallest absolute Gasteiger partial charge is 0.262 e. The van der Waals surface area contributed by atoms with E-state index in [1.165, 1.54) is 36.4 Å². The van der Waals surface area contributed by atoms with Gasteiger partial charge in [-0.1, -0.05) is 23.7 Å². The fourth-order valence-corrected chi connectivity index (χ4v) is 3.01. The van der Waals surface area contributed by atoms with Gasteiger partial charge < -0.3 is 5.73 Å². The van der Waals surface area contributed by atoms with Gasteiger partial charge in [0.05, 0.1) is 32.9 Å². The highest BCUT2D eigenvalue weighted by molar-refractivity contribution is 7.92. The van der Waals surface area contributed by atoms with Crippen LogP contribution in [0.15, 0.2) is 47.4 Å². The topological polar surface area (TPSA) is 96.0 Å². The second-order valence-corrected chi connectivity index (χ2v) is 6.04. The first-order valence-electron chi connectivity index (χ1n) is 5.51. The van der Waals surface area contributed by atoms with Crippen LogP contribution < -0.4 is 10.5 Å². The first kappa shape index (κ1) is 14.2. The zero-order chi connectivity index (χ0) is 14.8. The minimum Gasteiger partial charge on any atom is -0.397 e. The summed E-state index contributed by atoms with van der Waals surface area (Å²) in [5.41, 5.74) is 6.29. The fraction of sp³-hybridized carbons (Fsp3) is 0. The molecule has 0 saturated carbocycles. The molecule has 2 rings (SSSR count). The average Bonchev–Trinajstić information content (AvgIpc) is 2.43. The molecule has 0 amide bonds. The quantitative estimate of drug-likeness (QED) is 0.852. The van der Waals surface area contributed by atoms with Crippen molar-refractivity contribution < 1.29 is 8.42 Å². The number of sulfonamides is 1. The van der Waals surface area contributed by atoms with Crippen LogP contribution >= 0.6 is 11.6 Å². The van der Waals surface area contributed by atoms with Crippen molar-refractivity contribution in [3.8, 4) is 6.07 Å². The molecule has 20 heavy (non-hydrogen) atoms. The summed E-state index contributed by atoms with van der Waals surface area (Å²) in [4.78, 5) is -0.0316. The summed E-state index contributed by atoms with van der Waals surface area (Å²) < 4.78 is 26.8. The number of hydrogen-bond donors (Lipinski definition) is 2. The van der Waals surface area contributed by atoms with Gasteiger partial charge in [0.25, 0.3) is 10.0 Å². The van der Waals surface area contributed by atoms with Crippen LogP contribution in [0.2, 0.25) is 5.02 Å². The third-order valence-corrected chi connectivity index (χ3v) is 4.22. The normalized spacial score (nSPS) is 10.8. The minimum atomic E-state index is -3.86. The summed E-state index contributed by atoms with van der Waals surface area (Å²) >= 11 is 5.92. The molecule has 2 aromatic carbocycles. The van der Waals surface area contributed by atoms with Gasteiger partial charge in [-0.3, -0.25) is 4.72 Å². The van der Waals surface area contributed by atoms with Crippen LogP contribution in [0.1, 0.15) is 5.56 Å². The van der Waals surface area contributed by atoms with E-state index >= 15 is 0 Å². The van der Waals surface area contributed by atoms with Crippen molar-refractivity contribution in [1.29, 1.82) is 5.26 Å². The summed E-state index contributed by atoms with van der Waals surface area (Å²) in [6, 6.07) is 12.2. The molecule has 0 saturated heterocycles. The Morgan fingerprint density at radius 2 is 1.90 bits per heavy atom. The molecule has 0 aliphatic carbocycles. The number of halogens is 1. The molecule has 0 aromatic heterocycles. The lowest BCUT2D eigenvalue weighted by molar-refractivity contribution is 0.601. The highest BCUT2D eigenvalue weighted by Gasteiger charge is 2.17. The largest absolute Gasteiger partial charge is 0.397 e. The van der Waals surface area contributed by atoms with Crippen LogP contribution in [0.3, 0.4) is 0 Å². The number of nitrogens with two attached hydrogens (primary N) is 1. The van der Waals surface area contributed by atoms with Crippen molar-refractivity contribution in [3.05, 3.63) is 53.1 Å². The van der Waals surface area contributed by atoms with Crippen molar-refractivity contribution in [2.45, 2.75) is 4.90 Å². The number of benzene rings is 2. The second kappa shape index (κ2) is 5.41. The molecule has 0 spiro atoms. The van der Waals surface area contributed by atoms with Gasteiger partial charge in [-0.15, -0.1) is 0 Å². The van der Waals surface area contributed by atoms with Crippen LogP contribution in [-0.2, 0) is 10.0 Å². The summed E-state index contributed by atoms with van der Waals surface area (Å²) in [5.74, 6) is 0. The molecular formula is C13H10ClN3O2S. The number of para-hydroxylation sites is 1. The van der Waals surface area contributed by atoms with E-state index in [4.69, 9.17) is 22.6 Å². The van der Waals surface area contributed by atoms with Crippen LogP contribution in [-0.4, -0.2) is 8.42 Å². The Morgan fingerprint density at radius 3 is 2.55 bits per heavy atom. The number of hydrogen-bond acceptors (Lipinski definition) is 4. The van der Waals surface area contributed by atoms with E-state index in [0.29, 0.717) is 0 Å². The van der Waals surface area contributed by atoms with Gasteiger partial charge in [-0.2, -0.15) is 5.26 Å². The molecule has 0 aliphatic heterocycles. The summed E-state index contributed by atoms with van der Waals surface area (Å²) in [5, 5.41) is 9.00. The maximum atomic E-state index is 12.2. The highest BCUT2D eigenvalue weighted by atomic mass is 35.5. The van der Waals surface area contributed by atoms with Gasteiger partial charge >= 0.3 is 0 Å². The maximum Gasteiger partial charge on any atom is 0.262 e. The Labute approximate surface area is 121 Å². The number of anilines is 2. The van der Waals surface area contributed by atoms with Gasteiger partial charge in [0.2, 0.25) is 0 Å². The van der Waals surface area contributed by atoms with Crippen molar-refractivity contribution in [3.63, 3.8) is 0 Å². The summed E-state index contributed by atoms with van der Waals surface area (Å²) in [6.45, 7) is 0. The molecule has 3 N–H and O–H groups in total. The Bertz CT molecular complexity index is 777. The van der Waals surface area contributed by atoms with Crippen LogP contribution in [0.25, 0.3) is 0 Å². The number of nitrogens with zero attached hydrogens (tertiary/aromatic N) is 1. The predicted molar refractivity (Wildman–Crippen MR) is 77.8 cm³/mol. The monoisotopic (exact) mass is 307 g/mol. The molecule has 0 heterocycles. The van der Waals surface area contributed by atoms with Gasteiger partial charge in [0.1, 0.15) is 0 Å². The summed E-state index contributed by atoms with van der Waals surface area (Å²) in [6.07, 6.45) is 0. The van der Waals surface area contributed by atoms with Crippen molar-refractivity contribution in [1.82, 2.24) is 0 Å². The Kier molecular flexibility index (Phi) is 3.84. The molecule has 5 nitrogen and oxygen atoms in total. The molecule has 0 radical (unpaired) electrons. The van der Waals surface area contributed by atoms with E-state index in [1.807, 2.05) is 6.07 Å². The standard InChI is InChI=1S/C13H10ClN3O2S/c14-11-5-2-6-12(16)13(11)17-20(18,19)10-4-1-3-9(7-10)8-15/h1-7,17H,16H2. The summed E-state index contributed by atoms with van der Waals surface area (Å²) in [7, 11) is -3.86.